The van der Waals surface area contributed by atoms with Gasteiger partial charge in [0.25, 0.3) is 0 Å². The van der Waals surface area contributed by atoms with E-state index < -0.39 is 97.5 Å². The number of aliphatic hydroxyl groups is 1. The fraction of sp³-hybridized carbons (Fsp3) is 0.930. The average Bonchev–Trinajstić information content (AvgIpc) is 3.39. The van der Waals surface area contributed by atoms with Crippen LogP contribution in [-0.2, 0) is 65.4 Å². The maximum atomic E-state index is 12.9. The highest BCUT2D eigenvalue weighted by Crippen LogP contribution is 2.45. The Morgan fingerprint density at radius 2 is 0.526 bits per heavy atom. The Labute approximate surface area is 460 Å². The Balaban J connectivity index is 5.21. The molecule has 0 aromatic carbocycles. The third kappa shape index (κ3) is 51.5. The molecule has 450 valence electrons. The molecule has 0 aromatic rings. The lowest BCUT2D eigenvalue weighted by Crippen LogP contribution is -2.30. The highest BCUT2D eigenvalue weighted by Gasteiger charge is 2.30. The van der Waals surface area contributed by atoms with E-state index in [0.717, 1.165) is 89.9 Å². The van der Waals surface area contributed by atoms with Gasteiger partial charge in [0.1, 0.15) is 19.3 Å². The number of phosphoric ester groups is 2. The van der Waals surface area contributed by atoms with Gasteiger partial charge in [-0.25, -0.2) is 9.13 Å². The van der Waals surface area contributed by atoms with E-state index in [2.05, 4.69) is 27.7 Å². The number of ether oxygens (including phenoxy) is 4. The Morgan fingerprint density at radius 3 is 0.776 bits per heavy atom. The first-order valence-corrected chi connectivity index (χ1v) is 33.3. The molecule has 17 nitrogen and oxygen atoms in total. The zero-order chi connectivity index (χ0) is 56.2. The van der Waals surface area contributed by atoms with Gasteiger partial charge in [0, 0.05) is 25.7 Å². The lowest BCUT2D eigenvalue weighted by atomic mass is 10.1. The van der Waals surface area contributed by atoms with Crippen LogP contribution < -0.4 is 0 Å². The largest absolute Gasteiger partial charge is 0.472 e. The van der Waals surface area contributed by atoms with Crippen molar-refractivity contribution in [2.75, 3.05) is 39.6 Å². The fourth-order valence-corrected chi connectivity index (χ4v) is 9.98. The first kappa shape index (κ1) is 74.1. The molecule has 76 heavy (non-hydrogen) atoms. The van der Waals surface area contributed by atoms with Crippen molar-refractivity contribution in [1.82, 2.24) is 0 Å². The third-order valence-corrected chi connectivity index (χ3v) is 15.0. The Morgan fingerprint density at radius 1 is 0.316 bits per heavy atom. The molecule has 3 N–H and O–H groups in total. The van der Waals surface area contributed by atoms with E-state index in [9.17, 15) is 43.2 Å². The second-order valence-electron chi connectivity index (χ2n) is 20.7. The second-order valence-corrected chi connectivity index (χ2v) is 23.6. The molecule has 0 aromatic heterocycles. The molecule has 4 atom stereocenters. The van der Waals surface area contributed by atoms with Gasteiger partial charge < -0.3 is 33.8 Å². The molecule has 0 saturated heterocycles. The molecule has 4 unspecified atom stereocenters. The normalized spacial score (nSPS) is 14.4. The van der Waals surface area contributed by atoms with Gasteiger partial charge in [-0.05, 0) is 25.7 Å². The molecule has 0 aliphatic heterocycles. The van der Waals surface area contributed by atoms with Crippen molar-refractivity contribution in [3.63, 3.8) is 0 Å². The Hall–Kier alpha value is -1.94. The van der Waals surface area contributed by atoms with Crippen molar-refractivity contribution in [3.8, 4) is 0 Å². The van der Waals surface area contributed by atoms with E-state index >= 15 is 0 Å². The zero-order valence-corrected chi connectivity index (χ0v) is 50.0. The minimum Gasteiger partial charge on any atom is -0.462 e. The zero-order valence-electron chi connectivity index (χ0n) is 48.2. The van der Waals surface area contributed by atoms with Gasteiger partial charge in [-0.3, -0.25) is 37.3 Å². The van der Waals surface area contributed by atoms with Gasteiger partial charge in [0.15, 0.2) is 12.2 Å². The highest BCUT2D eigenvalue weighted by molar-refractivity contribution is 7.47. The lowest BCUT2D eigenvalue weighted by Gasteiger charge is -2.21. The van der Waals surface area contributed by atoms with Crippen molar-refractivity contribution < 1.29 is 80.2 Å². The summed E-state index contributed by atoms with van der Waals surface area (Å²) in [7, 11) is -9.86. The number of hydrogen-bond acceptors (Lipinski definition) is 15. The van der Waals surface area contributed by atoms with Crippen LogP contribution in [0.5, 0.6) is 0 Å². The standard InChI is InChI=1S/C57H110O17P2/c1-5-9-13-17-21-25-29-33-37-41-54(59)67-47-52(73-56(61)43-39-35-31-27-23-19-15-11-7-3)49-71-75(63,64)69-45-51(58)46-70-76(65,66)72-50-53(74-57(62)44-40-36-32-28-24-20-16-12-8-4)48-68-55(60)42-38-34-30-26-22-18-14-10-6-2/h51-53,58H,5-50H2,1-4H3,(H,63,64)(H,65,66). The molecule has 0 aliphatic carbocycles. The molecule has 0 rings (SSSR count). The van der Waals surface area contributed by atoms with Crippen LogP contribution in [-0.4, -0.2) is 96.7 Å². The Kier molecular flexibility index (Phi) is 51.1. The van der Waals surface area contributed by atoms with Crippen LogP contribution in [0.1, 0.15) is 285 Å². The van der Waals surface area contributed by atoms with Gasteiger partial charge in [0.05, 0.1) is 26.4 Å². The SMILES string of the molecule is CCCCCCCCCCCC(=O)OCC(COP(=O)(O)OCC(O)COP(=O)(O)OCC(COC(=O)CCCCCCCCCCC)OC(=O)CCCCCCCCCCC)OC(=O)CCCCCCCCCCC. The molecule has 0 amide bonds. The fourth-order valence-electron chi connectivity index (χ4n) is 8.40. The summed E-state index contributed by atoms with van der Waals surface area (Å²) in [6, 6.07) is 0. The van der Waals surface area contributed by atoms with Gasteiger partial charge >= 0.3 is 39.5 Å². The van der Waals surface area contributed by atoms with E-state index in [4.69, 9.17) is 37.0 Å². The second kappa shape index (κ2) is 52.4. The summed E-state index contributed by atoms with van der Waals surface area (Å²) in [5.41, 5.74) is 0. The number of hydrogen-bond donors (Lipinski definition) is 3. The maximum absolute atomic E-state index is 12.9. The molecule has 0 spiro atoms. The van der Waals surface area contributed by atoms with Crippen LogP contribution in [0.2, 0.25) is 0 Å². The molecular weight excluding hydrogens is 1020 g/mol. The van der Waals surface area contributed by atoms with Crippen molar-refractivity contribution in [1.29, 1.82) is 0 Å². The molecule has 0 bridgehead atoms. The van der Waals surface area contributed by atoms with Crippen LogP contribution in [0.15, 0.2) is 0 Å². The van der Waals surface area contributed by atoms with E-state index in [-0.39, 0.29) is 25.7 Å². The highest BCUT2D eigenvalue weighted by atomic mass is 31.2. The van der Waals surface area contributed by atoms with Gasteiger partial charge in [-0.2, -0.15) is 0 Å². The summed E-state index contributed by atoms with van der Waals surface area (Å²) in [6.45, 7) is 4.78. The summed E-state index contributed by atoms with van der Waals surface area (Å²) >= 11 is 0. The summed E-state index contributed by atoms with van der Waals surface area (Å²) in [5.74, 6) is -2.15. The number of phosphoric acid groups is 2. The summed E-state index contributed by atoms with van der Waals surface area (Å²) in [6.07, 6.45) is 34.8. The number of esters is 4. The van der Waals surface area contributed by atoms with Crippen molar-refractivity contribution in [2.45, 2.75) is 303 Å². The predicted octanol–water partition coefficient (Wildman–Crippen LogP) is 15.2. The quantitative estimate of drug-likeness (QED) is 0.0222. The molecule has 0 aliphatic rings. The predicted molar refractivity (Wildman–Crippen MR) is 299 cm³/mol. The minimum atomic E-state index is -4.93. The van der Waals surface area contributed by atoms with Gasteiger partial charge in [-0.15, -0.1) is 0 Å². The van der Waals surface area contributed by atoms with Crippen LogP contribution in [0.4, 0.5) is 0 Å². The summed E-state index contributed by atoms with van der Waals surface area (Å²) in [5, 5.41) is 10.5. The topological polar surface area (TPSA) is 237 Å². The minimum absolute atomic E-state index is 0.106. The first-order chi connectivity index (χ1) is 36.7. The molecule has 0 saturated carbocycles. The monoisotopic (exact) mass is 1130 g/mol. The van der Waals surface area contributed by atoms with Crippen LogP contribution in [0.25, 0.3) is 0 Å². The van der Waals surface area contributed by atoms with Crippen molar-refractivity contribution >= 4 is 39.5 Å². The van der Waals surface area contributed by atoms with Crippen molar-refractivity contribution in [3.05, 3.63) is 0 Å². The van der Waals surface area contributed by atoms with Gasteiger partial charge in [-0.1, -0.05) is 233 Å². The number of carbonyl (C=O) groups excluding carboxylic acids is 4. The Bertz CT molecular complexity index is 1380. The maximum Gasteiger partial charge on any atom is 0.472 e. The van der Waals surface area contributed by atoms with Crippen LogP contribution >= 0.6 is 15.6 Å². The third-order valence-electron chi connectivity index (χ3n) is 13.1. The van der Waals surface area contributed by atoms with E-state index in [1.807, 2.05) is 0 Å². The van der Waals surface area contributed by atoms with Crippen molar-refractivity contribution in [2.24, 2.45) is 0 Å². The van der Waals surface area contributed by atoms with E-state index in [1.165, 1.54) is 116 Å². The molecular formula is C57H110O17P2. The summed E-state index contributed by atoms with van der Waals surface area (Å²) in [4.78, 5) is 71.7. The number of aliphatic hydroxyl groups excluding tert-OH is 1. The van der Waals surface area contributed by atoms with E-state index in [1.54, 1.807) is 0 Å². The summed E-state index contributed by atoms with van der Waals surface area (Å²) < 4.78 is 67.5. The first-order valence-electron chi connectivity index (χ1n) is 30.3. The molecule has 19 heteroatoms. The van der Waals surface area contributed by atoms with Crippen LogP contribution in [0, 0.1) is 0 Å². The average molecular weight is 1130 g/mol. The smallest absolute Gasteiger partial charge is 0.462 e. The molecule has 0 radical (unpaired) electrons. The number of unbranched alkanes of at least 4 members (excludes halogenated alkanes) is 32. The van der Waals surface area contributed by atoms with E-state index in [0.29, 0.717) is 25.7 Å². The van der Waals surface area contributed by atoms with Crippen LogP contribution in [0.3, 0.4) is 0 Å². The molecule has 0 heterocycles. The lowest BCUT2D eigenvalue weighted by molar-refractivity contribution is -0.161. The molecule has 0 fully saturated rings. The number of carbonyl (C=O) groups is 4. The number of rotatable bonds is 58. The van der Waals surface area contributed by atoms with Gasteiger partial charge in [0.2, 0.25) is 0 Å².